The Morgan fingerprint density at radius 3 is 2.68 bits per heavy atom. The summed E-state index contributed by atoms with van der Waals surface area (Å²) in [5, 5.41) is 2.67. The van der Waals surface area contributed by atoms with E-state index in [1.54, 1.807) is 19.1 Å². The van der Waals surface area contributed by atoms with Gasteiger partial charge in [0, 0.05) is 18.0 Å². The second kappa shape index (κ2) is 4.97. The molecular formula is C14H15N3O2. The van der Waals surface area contributed by atoms with Crippen LogP contribution in [0.4, 0.5) is 11.4 Å². The molecule has 0 aliphatic carbocycles. The highest BCUT2D eigenvalue weighted by Crippen LogP contribution is 2.22. The van der Waals surface area contributed by atoms with Crippen molar-refractivity contribution >= 4 is 17.3 Å². The largest absolute Gasteiger partial charge is 0.397 e. The Bertz CT molecular complexity index is 669. The molecule has 0 fully saturated rings. The third-order valence-corrected chi connectivity index (χ3v) is 2.85. The first-order valence-corrected chi connectivity index (χ1v) is 5.85. The number of pyridine rings is 1. The lowest BCUT2D eigenvalue weighted by atomic mass is 10.1. The molecule has 1 amide bonds. The number of aromatic nitrogens is 1. The summed E-state index contributed by atoms with van der Waals surface area (Å²) >= 11 is 0. The number of nitrogens with two attached hydrogens (primary N) is 1. The molecule has 2 rings (SSSR count). The van der Waals surface area contributed by atoms with Crippen molar-refractivity contribution in [3.05, 3.63) is 57.5 Å². The van der Waals surface area contributed by atoms with Crippen LogP contribution in [0.25, 0.3) is 0 Å². The number of amides is 1. The second-order valence-electron chi connectivity index (χ2n) is 4.39. The number of benzene rings is 1. The maximum atomic E-state index is 12.1. The van der Waals surface area contributed by atoms with Gasteiger partial charge in [-0.2, -0.15) is 0 Å². The molecule has 0 saturated carbocycles. The molecule has 0 unspecified atom stereocenters. The number of H-pyrrole nitrogens is 1. The van der Waals surface area contributed by atoms with Crippen molar-refractivity contribution in [1.82, 2.24) is 4.98 Å². The Kier molecular flexibility index (Phi) is 3.37. The van der Waals surface area contributed by atoms with Crippen molar-refractivity contribution in [3.63, 3.8) is 0 Å². The maximum Gasteiger partial charge on any atom is 0.261 e. The highest BCUT2D eigenvalue weighted by atomic mass is 16.2. The van der Waals surface area contributed by atoms with Gasteiger partial charge in [-0.1, -0.05) is 12.1 Å². The number of aryl methyl sites for hydroxylation is 2. The van der Waals surface area contributed by atoms with Gasteiger partial charge in [0.1, 0.15) is 5.56 Å². The molecule has 2 aromatic rings. The van der Waals surface area contributed by atoms with Crippen molar-refractivity contribution in [1.29, 1.82) is 0 Å². The number of hydrogen-bond acceptors (Lipinski definition) is 3. The SMILES string of the molecule is Cc1cc(=O)c(C(=O)Nc2c(C)cccc2N)c[nH]1. The average Bonchev–Trinajstić information content (AvgIpc) is 2.33. The van der Waals surface area contributed by atoms with Gasteiger partial charge >= 0.3 is 0 Å². The molecule has 5 nitrogen and oxygen atoms in total. The number of nitrogens with one attached hydrogen (secondary N) is 2. The molecule has 19 heavy (non-hydrogen) atoms. The molecule has 1 heterocycles. The van der Waals surface area contributed by atoms with E-state index < -0.39 is 5.91 Å². The van der Waals surface area contributed by atoms with Gasteiger partial charge in [-0.3, -0.25) is 9.59 Å². The van der Waals surface area contributed by atoms with Crippen LogP contribution >= 0.6 is 0 Å². The molecule has 0 atom stereocenters. The summed E-state index contributed by atoms with van der Waals surface area (Å²) in [6, 6.07) is 6.72. The predicted molar refractivity (Wildman–Crippen MR) is 75.3 cm³/mol. The fraction of sp³-hybridized carbons (Fsp3) is 0.143. The number of carbonyl (C=O) groups is 1. The zero-order valence-electron chi connectivity index (χ0n) is 10.8. The van der Waals surface area contributed by atoms with Crippen LogP contribution in [-0.4, -0.2) is 10.9 Å². The Morgan fingerprint density at radius 2 is 2.05 bits per heavy atom. The summed E-state index contributed by atoms with van der Waals surface area (Å²) in [5.74, 6) is -0.470. The number of anilines is 2. The maximum absolute atomic E-state index is 12.1. The number of aromatic amines is 1. The molecule has 0 aliphatic heterocycles. The number of para-hydroxylation sites is 1. The summed E-state index contributed by atoms with van der Waals surface area (Å²) in [5.41, 5.74) is 8.11. The second-order valence-corrected chi connectivity index (χ2v) is 4.39. The molecule has 0 spiro atoms. The zero-order valence-corrected chi connectivity index (χ0v) is 10.8. The molecule has 0 radical (unpaired) electrons. The number of carbonyl (C=O) groups excluding carboxylic acids is 1. The molecule has 0 saturated heterocycles. The van der Waals surface area contributed by atoms with Gasteiger partial charge in [-0.15, -0.1) is 0 Å². The molecule has 1 aromatic carbocycles. The van der Waals surface area contributed by atoms with Crippen molar-refractivity contribution in [2.75, 3.05) is 11.1 Å². The standard InChI is InChI=1S/C14H15N3O2/c1-8-4-3-5-11(15)13(8)17-14(19)10-7-16-9(2)6-12(10)18/h3-7H,15H2,1-2H3,(H,16,18)(H,17,19). The van der Waals surface area contributed by atoms with Crippen molar-refractivity contribution in [2.45, 2.75) is 13.8 Å². The zero-order chi connectivity index (χ0) is 14.0. The molecule has 0 aliphatic rings. The average molecular weight is 257 g/mol. The van der Waals surface area contributed by atoms with Crippen molar-refractivity contribution in [3.8, 4) is 0 Å². The summed E-state index contributed by atoms with van der Waals surface area (Å²) < 4.78 is 0. The van der Waals surface area contributed by atoms with Crippen LogP contribution < -0.4 is 16.5 Å². The monoisotopic (exact) mass is 257 g/mol. The quantitative estimate of drug-likeness (QED) is 0.717. The first-order valence-electron chi connectivity index (χ1n) is 5.85. The van der Waals surface area contributed by atoms with Crippen LogP contribution in [0.1, 0.15) is 21.6 Å². The minimum absolute atomic E-state index is 0.0632. The minimum atomic E-state index is -0.470. The van der Waals surface area contributed by atoms with Crippen LogP contribution in [-0.2, 0) is 0 Å². The van der Waals surface area contributed by atoms with E-state index in [4.69, 9.17) is 5.73 Å². The third kappa shape index (κ3) is 2.65. The summed E-state index contributed by atoms with van der Waals surface area (Å²) in [4.78, 5) is 26.6. The number of hydrogen-bond donors (Lipinski definition) is 3. The van der Waals surface area contributed by atoms with Gasteiger partial charge < -0.3 is 16.0 Å². The number of rotatable bonds is 2. The van der Waals surface area contributed by atoms with Crippen LogP contribution in [0.2, 0.25) is 0 Å². The van der Waals surface area contributed by atoms with E-state index in [2.05, 4.69) is 10.3 Å². The molecule has 0 bridgehead atoms. The summed E-state index contributed by atoms with van der Waals surface area (Å²) in [7, 11) is 0. The Labute approximate surface area is 110 Å². The van der Waals surface area contributed by atoms with E-state index in [-0.39, 0.29) is 11.0 Å². The highest BCUT2D eigenvalue weighted by molar-refractivity contribution is 6.06. The fourth-order valence-corrected chi connectivity index (χ4v) is 1.79. The van der Waals surface area contributed by atoms with Gasteiger partial charge in [-0.25, -0.2) is 0 Å². The topological polar surface area (TPSA) is 88.0 Å². The van der Waals surface area contributed by atoms with Crippen LogP contribution in [0.3, 0.4) is 0 Å². The highest BCUT2D eigenvalue weighted by Gasteiger charge is 2.13. The smallest absolute Gasteiger partial charge is 0.261 e. The van der Waals surface area contributed by atoms with E-state index >= 15 is 0 Å². The molecule has 4 N–H and O–H groups in total. The van der Waals surface area contributed by atoms with E-state index in [0.29, 0.717) is 17.1 Å². The van der Waals surface area contributed by atoms with Gasteiger partial charge in [0.15, 0.2) is 5.43 Å². The third-order valence-electron chi connectivity index (χ3n) is 2.85. The molecule has 5 heteroatoms. The summed E-state index contributed by atoms with van der Waals surface area (Å²) in [6.45, 7) is 3.59. The van der Waals surface area contributed by atoms with Gasteiger partial charge in [0.2, 0.25) is 0 Å². The molecular weight excluding hydrogens is 242 g/mol. The number of nitrogen functional groups attached to an aromatic ring is 1. The Morgan fingerprint density at radius 1 is 1.32 bits per heavy atom. The Balaban J connectivity index is 2.34. The minimum Gasteiger partial charge on any atom is -0.397 e. The van der Waals surface area contributed by atoms with E-state index in [9.17, 15) is 9.59 Å². The lowest BCUT2D eigenvalue weighted by Crippen LogP contribution is -2.22. The molecule has 98 valence electrons. The summed E-state index contributed by atoms with van der Waals surface area (Å²) in [6.07, 6.45) is 1.40. The lowest BCUT2D eigenvalue weighted by Gasteiger charge is -2.10. The lowest BCUT2D eigenvalue weighted by molar-refractivity contribution is 0.102. The van der Waals surface area contributed by atoms with E-state index in [1.165, 1.54) is 12.3 Å². The Hall–Kier alpha value is -2.56. The van der Waals surface area contributed by atoms with Crippen LogP contribution in [0, 0.1) is 13.8 Å². The fourth-order valence-electron chi connectivity index (χ4n) is 1.79. The van der Waals surface area contributed by atoms with Crippen LogP contribution in [0.15, 0.2) is 35.3 Å². The van der Waals surface area contributed by atoms with Crippen molar-refractivity contribution in [2.24, 2.45) is 0 Å². The van der Waals surface area contributed by atoms with E-state index in [0.717, 1.165) is 5.56 Å². The normalized spacial score (nSPS) is 10.2. The van der Waals surface area contributed by atoms with E-state index in [1.807, 2.05) is 13.0 Å². The first-order chi connectivity index (χ1) is 8.99. The predicted octanol–water partition coefficient (Wildman–Crippen LogP) is 1.83. The first kappa shape index (κ1) is 12.9. The van der Waals surface area contributed by atoms with Gasteiger partial charge in [-0.05, 0) is 25.5 Å². The van der Waals surface area contributed by atoms with Gasteiger partial charge in [0.25, 0.3) is 5.91 Å². The van der Waals surface area contributed by atoms with Crippen molar-refractivity contribution < 1.29 is 4.79 Å². The van der Waals surface area contributed by atoms with Crippen LogP contribution in [0.5, 0.6) is 0 Å². The van der Waals surface area contributed by atoms with Gasteiger partial charge in [0.05, 0.1) is 11.4 Å². The molecule has 1 aromatic heterocycles.